The quantitative estimate of drug-likeness (QED) is 0.557. The SMILES string of the molecule is CS(=O)(=O)C=CC(N)OC(=O)C(F)(F)F. The van der Waals surface area contributed by atoms with E-state index in [1.54, 1.807) is 0 Å². The Hall–Kier alpha value is -1.09. The number of nitrogens with two attached hydrogens (primary N) is 1. The fraction of sp³-hybridized carbons (Fsp3) is 0.500. The van der Waals surface area contributed by atoms with Crippen LogP contribution in [0, 0.1) is 0 Å². The first-order valence-electron chi connectivity index (χ1n) is 3.44. The molecule has 0 aromatic carbocycles. The van der Waals surface area contributed by atoms with Gasteiger partial charge in [0.2, 0.25) is 0 Å². The number of alkyl halides is 3. The van der Waals surface area contributed by atoms with Gasteiger partial charge in [0.15, 0.2) is 16.1 Å². The van der Waals surface area contributed by atoms with Gasteiger partial charge >= 0.3 is 12.1 Å². The van der Waals surface area contributed by atoms with E-state index in [9.17, 15) is 26.4 Å². The van der Waals surface area contributed by atoms with Crippen molar-refractivity contribution >= 4 is 15.8 Å². The van der Waals surface area contributed by atoms with E-state index in [4.69, 9.17) is 5.73 Å². The summed E-state index contributed by atoms with van der Waals surface area (Å²) in [6.07, 6.45) is -5.48. The minimum absolute atomic E-state index is 0.543. The molecule has 0 saturated heterocycles. The van der Waals surface area contributed by atoms with E-state index in [1.807, 2.05) is 0 Å². The van der Waals surface area contributed by atoms with E-state index < -0.39 is 28.2 Å². The molecule has 0 aromatic rings. The number of carbonyl (C=O) groups is 1. The van der Waals surface area contributed by atoms with E-state index >= 15 is 0 Å². The number of carbonyl (C=O) groups excluding carboxylic acids is 1. The molecule has 9 heteroatoms. The summed E-state index contributed by atoms with van der Waals surface area (Å²) >= 11 is 0. The summed E-state index contributed by atoms with van der Waals surface area (Å²) in [5, 5.41) is 0.543. The topological polar surface area (TPSA) is 86.5 Å². The van der Waals surface area contributed by atoms with Crippen LogP contribution in [0.5, 0.6) is 0 Å². The zero-order valence-corrected chi connectivity index (χ0v) is 8.30. The highest BCUT2D eigenvalue weighted by Gasteiger charge is 2.41. The molecular weight excluding hydrogens is 239 g/mol. The number of rotatable bonds is 3. The van der Waals surface area contributed by atoms with Gasteiger partial charge in [-0.3, -0.25) is 5.73 Å². The number of hydrogen-bond donors (Lipinski definition) is 1. The lowest BCUT2D eigenvalue weighted by atomic mass is 10.5. The maximum atomic E-state index is 11.6. The second-order valence-corrected chi connectivity index (χ2v) is 4.46. The van der Waals surface area contributed by atoms with Crippen molar-refractivity contribution in [1.82, 2.24) is 0 Å². The van der Waals surface area contributed by atoms with Gasteiger partial charge in [0.1, 0.15) is 0 Å². The summed E-state index contributed by atoms with van der Waals surface area (Å²) in [5.41, 5.74) is 4.88. The molecule has 0 spiro atoms. The molecule has 0 bridgehead atoms. The fourth-order valence-corrected chi connectivity index (χ4v) is 0.890. The Bertz CT molecular complexity index is 359. The summed E-state index contributed by atoms with van der Waals surface area (Å²) in [5.74, 6) is -2.48. The normalized spacial score (nSPS) is 15.3. The lowest BCUT2D eigenvalue weighted by Gasteiger charge is -2.10. The van der Waals surface area contributed by atoms with Gasteiger partial charge in [-0.05, 0) is 6.08 Å². The number of hydrogen-bond acceptors (Lipinski definition) is 5. The monoisotopic (exact) mass is 247 g/mol. The summed E-state index contributed by atoms with van der Waals surface area (Å²) in [6.45, 7) is 0. The van der Waals surface area contributed by atoms with Gasteiger partial charge in [-0.25, -0.2) is 13.2 Å². The Balaban J connectivity index is 4.35. The van der Waals surface area contributed by atoms with Crippen molar-refractivity contribution < 1.29 is 31.1 Å². The Morgan fingerprint density at radius 3 is 2.27 bits per heavy atom. The molecule has 15 heavy (non-hydrogen) atoms. The third kappa shape index (κ3) is 6.91. The molecule has 1 atom stereocenters. The number of ether oxygens (including phenoxy) is 1. The molecule has 0 aliphatic rings. The van der Waals surface area contributed by atoms with Crippen LogP contribution in [0.15, 0.2) is 11.5 Å². The molecule has 0 amide bonds. The highest BCUT2D eigenvalue weighted by molar-refractivity contribution is 7.93. The highest BCUT2D eigenvalue weighted by atomic mass is 32.2. The largest absolute Gasteiger partial charge is 0.490 e. The van der Waals surface area contributed by atoms with Gasteiger partial charge in [-0.2, -0.15) is 13.2 Å². The third-order valence-electron chi connectivity index (χ3n) is 0.990. The molecule has 0 saturated carbocycles. The molecule has 1 unspecified atom stereocenters. The van der Waals surface area contributed by atoms with E-state index in [2.05, 4.69) is 4.74 Å². The van der Waals surface area contributed by atoms with E-state index in [-0.39, 0.29) is 0 Å². The molecule has 2 N–H and O–H groups in total. The van der Waals surface area contributed by atoms with Crippen LogP contribution in [0.25, 0.3) is 0 Å². The highest BCUT2D eigenvalue weighted by Crippen LogP contribution is 2.16. The minimum Gasteiger partial charge on any atom is -0.436 e. The van der Waals surface area contributed by atoms with Crippen LogP contribution in [0.3, 0.4) is 0 Å². The summed E-state index contributed by atoms with van der Waals surface area (Å²) < 4.78 is 59.5. The molecule has 0 radical (unpaired) electrons. The van der Waals surface area contributed by atoms with Crippen LogP contribution >= 0.6 is 0 Å². The first-order valence-corrected chi connectivity index (χ1v) is 5.39. The van der Waals surface area contributed by atoms with Crippen molar-refractivity contribution in [2.75, 3.05) is 6.26 Å². The second-order valence-electron chi connectivity index (χ2n) is 2.53. The average Bonchev–Trinajstić information content (AvgIpc) is 1.97. The van der Waals surface area contributed by atoms with Gasteiger partial charge in [-0.15, -0.1) is 0 Å². The molecule has 0 rings (SSSR count). The van der Waals surface area contributed by atoms with Gasteiger partial charge in [0, 0.05) is 11.7 Å². The Kier molecular flexibility index (Phi) is 4.28. The summed E-state index contributed by atoms with van der Waals surface area (Å²) in [6, 6.07) is 0. The number of sulfone groups is 1. The van der Waals surface area contributed by atoms with Crippen LogP contribution in [0.2, 0.25) is 0 Å². The zero-order chi connectivity index (χ0) is 12.3. The van der Waals surface area contributed by atoms with Crippen LogP contribution < -0.4 is 5.73 Å². The predicted molar refractivity (Wildman–Crippen MR) is 44.1 cm³/mol. The van der Waals surface area contributed by atoms with Crippen molar-refractivity contribution in [2.24, 2.45) is 5.73 Å². The Labute approximate surface area is 83.6 Å². The first-order chi connectivity index (χ1) is 6.52. The van der Waals surface area contributed by atoms with Crippen molar-refractivity contribution in [3.8, 4) is 0 Å². The fourth-order valence-electron chi connectivity index (χ4n) is 0.450. The van der Waals surface area contributed by atoms with Crippen molar-refractivity contribution in [1.29, 1.82) is 0 Å². The number of esters is 1. The maximum absolute atomic E-state index is 11.6. The average molecular weight is 247 g/mol. The van der Waals surface area contributed by atoms with Crippen molar-refractivity contribution in [2.45, 2.75) is 12.4 Å². The Morgan fingerprint density at radius 2 is 1.93 bits per heavy atom. The van der Waals surface area contributed by atoms with Gasteiger partial charge < -0.3 is 4.74 Å². The second kappa shape index (κ2) is 4.62. The zero-order valence-electron chi connectivity index (χ0n) is 7.48. The Morgan fingerprint density at radius 1 is 1.47 bits per heavy atom. The molecule has 0 fully saturated rings. The lowest BCUT2D eigenvalue weighted by Crippen LogP contribution is -2.33. The lowest BCUT2D eigenvalue weighted by molar-refractivity contribution is -0.202. The van der Waals surface area contributed by atoms with Crippen molar-refractivity contribution in [3.05, 3.63) is 11.5 Å². The predicted octanol–water partition coefficient (Wildman–Crippen LogP) is -0.0650. The van der Waals surface area contributed by atoms with Crippen LogP contribution in [-0.2, 0) is 19.4 Å². The number of halogens is 3. The van der Waals surface area contributed by atoms with Gasteiger partial charge in [-0.1, -0.05) is 0 Å². The molecule has 0 aliphatic carbocycles. The van der Waals surface area contributed by atoms with E-state index in [1.165, 1.54) is 0 Å². The molecular formula is C6H8F3NO4S. The first kappa shape index (κ1) is 13.9. The molecule has 5 nitrogen and oxygen atoms in total. The van der Waals surface area contributed by atoms with Crippen LogP contribution in [0.1, 0.15) is 0 Å². The van der Waals surface area contributed by atoms with Gasteiger partial charge in [0.05, 0.1) is 0 Å². The van der Waals surface area contributed by atoms with Crippen LogP contribution in [0.4, 0.5) is 13.2 Å². The van der Waals surface area contributed by atoms with E-state index in [0.29, 0.717) is 11.5 Å². The third-order valence-corrected chi connectivity index (χ3v) is 1.64. The molecule has 88 valence electrons. The maximum Gasteiger partial charge on any atom is 0.490 e. The molecule has 0 aliphatic heterocycles. The summed E-state index contributed by atoms with van der Waals surface area (Å²) in [4.78, 5) is 10.2. The molecule has 0 heterocycles. The molecule has 0 aromatic heterocycles. The summed E-state index contributed by atoms with van der Waals surface area (Å²) in [7, 11) is -3.52. The van der Waals surface area contributed by atoms with Crippen molar-refractivity contribution in [3.63, 3.8) is 0 Å². The smallest absolute Gasteiger partial charge is 0.436 e. The van der Waals surface area contributed by atoms with E-state index in [0.717, 1.165) is 6.26 Å². The standard InChI is InChI=1S/C6H8F3NO4S/c1-15(12,13)3-2-4(10)14-5(11)6(7,8)9/h2-4H,10H2,1H3. The van der Waals surface area contributed by atoms with Gasteiger partial charge in [0.25, 0.3) is 0 Å². The van der Waals surface area contributed by atoms with Crippen LogP contribution in [-0.4, -0.2) is 33.0 Å². The minimum atomic E-state index is -5.16.